The number of hydrogen-bond donors (Lipinski definition) is 2. The van der Waals surface area contributed by atoms with Gasteiger partial charge in [0.2, 0.25) is 10.0 Å². The van der Waals surface area contributed by atoms with Crippen molar-refractivity contribution in [3.8, 4) is 16.9 Å². The molecule has 2 heterocycles. The van der Waals surface area contributed by atoms with E-state index in [4.69, 9.17) is 4.74 Å². The SMILES string of the molecule is COc1ccc(-c2c(C(=O)Nc3ccc(F)cc3)nn3c(C)cc(C)nc23)cc1S(=O)(=O)NC1CCCC1. The van der Waals surface area contributed by atoms with Crippen LogP contribution in [0.5, 0.6) is 5.75 Å². The van der Waals surface area contributed by atoms with Crippen LogP contribution in [0.25, 0.3) is 16.8 Å². The fourth-order valence-corrected chi connectivity index (χ4v) is 6.34. The first-order valence-corrected chi connectivity index (χ1v) is 13.8. The monoisotopic (exact) mass is 537 g/mol. The van der Waals surface area contributed by atoms with E-state index in [1.165, 1.54) is 37.4 Å². The molecule has 0 atom stereocenters. The summed E-state index contributed by atoms with van der Waals surface area (Å²) in [6.07, 6.45) is 3.52. The van der Waals surface area contributed by atoms with Crippen molar-refractivity contribution in [3.05, 3.63) is 71.4 Å². The summed E-state index contributed by atoms with van der Waals surface area (Å²) in [5.41, 5.74) is 3.12. The summed E-state index contributed by atoms with van der Waals surface area (Å²) in [5, 5.41) is 7.27. The number of fused-ring (bicyclic) bond motifs is 1. The number of rotatable bonds is 7. The molecule has 11 heteroatoms. The summed E-state index contributed by atoms with van der Waals surface area (Å²) in [6.45, 7) is 3.67. The topological polar surface area (TPSA) is 115 Å². The molecule has 38 heavy (non-hydrogen) atoms. The van der Waals surface area contributed by atoms with Gasteiger partial charge in [0.25, 0.3) is 5.91 Å². The third kappa shape index (κ3) is 4.99. The van der Waals surface area contributed by atoms with Gasteiger partial charge in [-0.1, -0.05) is 18.9 Å². The summed E-state index contributed by atoms with van der Waals surface area (Å²) in [6, 6.07) is 11.8. The molecule has 1 amide bonds. The van der Waals surface area contributed by atoms with Crippen molar-refractivity contribution < 1.29 is 22.3 Å². The zero-order chi connectivity index (χ0) is 27.0. The Labute approximate surface area is 220 Å². The average molecular weight is 538 g/mol. The maximum atomic E-state index is 13.4. The first kappa shape index (κ1) is 25.8. The fourth-order valence-electron chi connectivity index (χ4n) is 4.84. The van der Waals surface area contributed by atoms with Crippen molar-refractivity contribution in [3.63, 3.8) is 0 Å². The van der Waals surface area contributed by atoms with Gasteiger partial charge in [-0.25, -0.2) is 27.0 Å². The zero-order valence-electron chi connectivity index (χ0n) is 21.3. The molecule has 0 aliphatic heterocycles. The highest BCUT2D eigenvalue weighted by molar-refractivity contribution is 7.89. The van der Waals surface area contributed by atoms with Crippen LogP contribution in [-0.4, -0.2) is 42.1 Å². The van der Waals surface area contributed by atoms with Gasteiger partial charge in [0.15, 0.2) is 11.3 Å². The Hall–Kier alpha value is -3.83. The summed E-state index contributed by atoms with van der Waals surface area (Å²) >= 11 is 0. The van der Waals surface area contributed by atoms with Gasteiger partial charge in [-0.05, 0) is 74.7 Å². The van der Waals surface area contributed by atoms with Gasteiger partial charge in [-0.15, -0.1) is 0 Å². The van der Waals surface area contributed by atoms with Crippen molar-refractivity contribution >= 4 is 27.3 Å². The number of amides is 1. The van der Waals surface area contributed by atoms with E-state index in [9.17, 15) is 17.6 Å². The molecule has 198 valence electrons. The highest BCUT2D eigenvalue weighted by atomic mass is 32.2. The van der Waals surface area contributed by atoms with Crippen LogP contribution in [0.3, 0.4) is 0 Å². The number of benzene rings is 2. The Kier molecular flexibility index (Phi) is 6.89. The van der Waals surface area contributed by atoms with Gasteiger partial charge < -0.3 is 10.1 Å². The Morgan fingerprint density at radius 2 is 1.79 bits per heavy atom. The molecular formula is C27H28FN5O4S. The van der Waals surface area contributed by atoms with E-state index in [1.807, 2.05) is 19.9 Å². The van der Waals surface area contributed by atoms with E-state index < -0.39 is 21.7 Å². The predicted molar refractivity (Wildman–Crippen MR) is 141 cm³/mol. The van der Waals surface area contributed by atoms with Crippen LogP contribution in [-0.2, 0) is 10.0 Å². The van der Waals surface area contributed by atoms with Crippen LogP contribution >= 0.6 is 0 Å². The second-order valence-electron chi connectivity index (χ2n) is 9.43. The number of hydrogen-bond acceptors (Lipinski definition) is 6. The Morgan fingerprint density at radius 3 is 2.47 bits per heavy atom. The minimum Gasteiger partial charge on any atom is -0.495 e. The molecule has 0 radical (unpaired) electrons. The Morgan fingerprint density at radius 1 is 1.08 bits per heavy atom. The molecule has 1 aliphatic rings. The summed E-state index contributed by atoms with van der Waals surface area (Å²) in [7, 11) is -2.50. The average Bonchev–Trinajstić information content (AvgIpc) is 3.52. The standard InChI is InChI=1S/C27H28FN5O4S/c1-16-14-17(2)33-26(29-16)24(25(31-33)27(34)30-20-11-9-19(28)10-12-20)18-8-13-22(37-3)23(15-18)38(35,36)32-21-6-4-5-7-21/h8-15,21,32H,4-7H2,1-3H3,(H,30,34). The van der Waals surface area contributed by atoms with E-state index in [0.717, 1.165) is 31.4 Å². The van der Waals surface area contributed by atoms with E-state index in [1.54, 1.807) is 16.6 Å². The van der Waals surface area contributed by atoms with Gasteiger partial charge >= 0.3 is 0 Å². The van der Waals surface area contributed by atoms with E-state index in [2.05, 4.69) is 20.1 Å². The lowest BCUT2D eigenvalue weighted by Crippen LogP contribution is -2.32. The lowest BCUT2D eigenvalue weighted by Gasteiger charge is -2.16. The molecule has 2 N–H and O–H groups in total. The quantitative estimate of drug-likeness (QED) is 0.355. The minimum absolute atomic E-state index is 0.0296. The van der Waals surface area contributed by atoms with Crippen molar-refractivity contribution in [1.29, 1.82) is 0 Å². The molecule has 0 bridgehead atoms. The molecule has 0 unspecified atom stereocenters. The molecule has 1 saturated carbocycles. The molecule has 2 aromatic heterocycles. The number of aryl methyl sites for hydroxylation is 2. The highest BCUT2D eigenvalue weighted by Crippen LogP contribution is 2.35. The van der Waals surface area contributed by atoms with Gasteiger partial charge in [0.1, 0.15) is 16.5 Å². The van der Waals surface area contributed by atoms with Gasteiger partial charge in [0.05, 0.1) is 12.7 Å². The van der Waals surface area contributed by atoms with E-state index in [0.29, 0.717) is 28.2 Å². The third-order valence-electron chi connectivity index (χ3n) is 6.63. The van der Waals surface area contributed by atoms with Crippen LogP contribution in [0.2, 0.25) is 0 Å². The number of carbonyl (C=O) groups excluding carboxylic acids is 1. The maximum absolute atomic E-state index is 13.4. The Bertz CT molecular complexity index is 1630. The lowest BCUT2D eigenvalue weighted by molar-refractivity contribution is 0.102. The number of aromatic nitrogens is 3. The predicted octanol–water partition coefficient (Wildman–Crippen LogP) is 4.63. The third-order valence-corrected chi connectivity index (χ3v) is 8.17. The molecule has 0 saturated heterocycles. The minimum atomic E-state index is -3.91. The van der Waals surface area contributed by atoms with Crippen LogP contribution in [0, 0.1) is 19.7 Å². The first-order chi connectivity index (χ1) is 18.2. The fraction of sp³-hybridized carbons (Fsp3) is 0.296. The van der Waals surface area contributed by atoms with E-state index in [-0.39, 0.29) is 22.4 Å². The molecular weight excluding hydrogens is 509 g/mol. The number of carbonyl (C=O) groups is 1. The van der Waals surface area contributed by atoms with Crippen molar-refractivity contribution in [1.82, 2.24) is 19.3 Å². The number of nitrogens with one attached hydrogen (secondary N) is 2. The summed E-state index contributed by atoms with van der Waals surface area (Å²) < 4.78 is 49.9. The van der Waals surface area contributed by atoms with Crippen molar-refractivity contribution in [2.75, 3.05) is 12.4 Å². The van der Waals surface area contributed by atoms with Gasteiger partial charge in [-0.3, -0.25) is 4.79 Å². The summed E-state index contributed by atoms with van der Waals surface area (Å²) in [4.78, 5) is 18.0. The maximum Gasteiger partial charge on any atom is 0.276 e. The van der Waals surface area contributed by atoms with Crippen LogP contribution in [0.4, 0.5) is 10.1 Å². The molecule has 5 rings (SSSR count). The smallest absolute Gasteiger partial charge is 0.276 e. The van der Waals surface area contributed by atoms with Crippen molar-refractivity contribution in [2.45, 2.75) is 50.5 Å². The van der Waals surface area contributed by atoms with Crippen LogP contribution in [0.1, 0.15) is 47.6 Å². The van der Waals surface area contributed by atoms with Crippen molar-refractivity contribution in [2.24, 2.45) is 0 Å². The largest absolute Gasteiger partial charge is 0.495 e. The molecule has 1 fully saturated rings. The molecule has 2 aromatic carbocycles. The second kappa shape index (κ2) is 10.1. The highest BCUT2D eigenvalue weighted by Gasteiger charge is 2.29. The first-order valence-electron chi connectivity index (χ1n) is 12.3. The Balaban J connectivity index is 1.65. The number of anilines is 1. The van der Waals surface area contributed by atoms with Gasteiger partial charge in [0, 0.05) is 23.1 Å². The molecule has 9 nitrogen and oxygen atoms in total. The molecule has 0 spiro atoms. The van der Waals surface area contributed by atoms with Gasteiger partial charge in [-0.2, -0.15) is 5.10 Å². The number of sulfonamides is 1. The number of ether oxygens (including phenoxy) is 1. The molecule has 4 aromatic rings. The normalized spacial score (nSPS) is 14.2. The lowest BCUT2D eigenvalue weighted by atomic mass is 10.0. The van der Waals surface area contributed by atoms with E-state index >= 15 is 0 Å². The second-order valence-corrected chi connectivity index (χ2v) is 11.1. The van der Waals surface area contributed by atoms with Crippen LogP contribution in [0.15, 0.2) is 53.4 Å². The zero-order valence-corrected chi connectivity index (χ0v) is 22.1. The number of halogens is 1. The molecule has 1 aliphatic carbocycles. The summed E-state index contributed by atoms with van der Waals surface area (Å²) in [5.74, 6) is -0.781. The number of nitrogens with zero attached hydrogens (tertiary/aromatic N) is 3. The number of methoxy groups -OCH3 is 1. The van der Waals surface area contributed by atoms with Crippen LogP contribution < -0.4 is 14.8 Å².